The van der Waals surface area contributed by atoms with Gasteiger partial charge in [-0.1, -0.05) is 25.7 Å². The molecule has 2 heteroatoms. The van der Waals surface area contributed by atoms with Gasteiger partial charge in [0.2, 0.25) is 0 Å². The molecular weight excluding hydrogens is 164 g/mol. The zero-order valence-corrected chi connectivity index (χ0v) is 8.55. The van der Waals surface area contributed by atoms with Crippen molar-refractivity contribution in [1.29, 1.82) is 0 Å². The van der Waals surface area contributed by atoms with Crippen LogP contribution in [0.2, 0.25) is 0 Å². The zero-order valence-electron chi connectivity index (χ0n) is 8.55. The van der Waals surface area contributed by atoms with Crippen LogP contribution in [0.3, 0.4) is 0 Å². The van der Waals surface area contributed by atoms with Crippen molar-refractivity contribution in [2.75, 3.05) is 13.7 Å². The number of Topliss-reactive ketones (excluding diaryl/α,β-unsaturated/α-hetero) is 1. The molecule has 1 aliphatic carbocycles. The van der Waals surface area contributed by atoms with E-state index in [1.54, 1.807) is 7.11 Å². The Hall–Kier alpha value is -0.370. The Labute approximate surface area is 80.7 Å². The molecule has 0 spiro atoms. The van der Waals surface area contributed by atoms with E-state index >= 15 is 0 Å². The monoisotopic (exact) mass is 184 g/mol. The van der Waals surface area contributed by atoms with E-state index in [-0.39, 0.29) is 0 Å². The molecule has 0 unspecified atom stereocenters. The maximum atomic E-state index is 11.6. The minimum atomic E-state index is 0.345. The molecule has 76 valence electrons. The van der Waals surface area contributed by atoms with Crippen LogP contribution in [-0.4, -0.2) is 19.5 Å². The molecule has 1 fully saturated rings. The van der Waals surface area contributed by atoms with Crippen LogP contribution in [0.15, 0.2) is 0 Å². The molecule has 0 aromatic carbocycles. The van der Waals surface area contributed by atoms with Gasteiger partial charge in [0, 0.05) is 19.4 Å². The minimum Gasteiger partial charge on any atom is -0.384 e. The van der Waals surface area contributed by atoms with Crippen LogP contribution in [0.1, 0.15) is 44.9 Å². The summed E-state index contributed by atoms with van der Waals surface area (Å²) in [5.74, 6) is 0.765. The summed E-state index contributed by atoms with van der Waals surface area (Å²) in [6, 6.07) is 0. The molecule has 2 nitrogen and oxygen atoms in total. The number of carbonyl (C=O) groups is 1. The highest BCUT2D eigenvalue weighted by Gasteiger charge is 2.18. The first kappa shape index (κ1) is 10.7. The molecule has 13 heavy (non-hydrogen) atoms. The summed E-state index contributed by atoms with van der Waals surface area (Å²) in [6.07, 6.45) is 7.95. The number of hydrogen-bond acceptors (Lipinski definition) is 2. The van der Waals surface area contributed by atoms with Gasteiger partial charge < -0.3 is 4.74 Å². The van der Waals surface area contributed by atoms with Crippen LogP contribution >= 0.6 is 0 Å². The van der Waals surface area contributed by atoms with E-state index in [0.717, 1.165) is 12.8 Å². The summed E-state index contributed by atoms with van der Waals surface area (Å²) >= 11 is 0. The maximum absolute atomic E-state index is 11.6. The zero-order chi connectivity index (χ0) is 9.52. The van der Waals surface area contributed by atoms with Gasteiger partial charge in [-0.2, -0.15) is 0 Å². The molecule has 1 saturated carbocycles. The molecule has 1 aliphatic rings. The van der Waals surface area contributed by atoms with Crippen molar-refractivity contribution in [2.45, 2.75) is 44.9 Å². The molecule has 0 atom stereocenters. The molecule has 0 N–H and O–H groups in total. The number of hydrogen-bond donors (Lipinski definition) is 0. The van der Waals surface area contributed by atoms with Crippen molar-refractivity contribution < 1.29 is 9.53 Å². The van der Waals surface area contributed by atoms with Gasteiger partial charge in [-0.05, 0) is 12.8 Å². The second-order valence-corrected chi connectivity index (χ2v) is 3.90. The summed E-state index contributed by atoms with van der Waals surface area (Å²) in [7, 11) is 1.65. The fraction of sp³-hybridized carbons (Fsp3) is 0.909. The summed E-state index contributed by atoms with van der Waals surface area (Å²) in [6.45, 7) is 0.593. The van der Waals surface area contributed by atoms with Gasteiger partial charge in [0.1, 0.15) is 5.78 Å². The number of carbonyl (C=O) groups excluding carboxylic acids is 1. The van der Waals surface area contributed by atoms with Gasteiger partial charge in [0.05, 0.1) is 6.61 Å². The molecule has 0 aromatic heterocycles. The predicted molar refractivity (Wildman–Crippen MR) is 52.7 cm³/mol. The van der Waals surface area contributed by atoms with Gasteiger partial charge in [-0.25, -0.2) is 0 Å². The van der Waals surface area contributed by atoms with Crippen molar-refractivity contribution >= 4 is 5.78 Å². The Morgan fingerprint density at radius 3 is 2.38 bits per heavy atom. The smallest absolute Gasteiger partial charge is 0.138 e. The van der Waals surface area contributed by atoms with Crippen LogP contribution < -0.4 is 0 Å². The van der Waals surface area contributed by atoms with Crippen molar-refractivity contribution in [3.05, 3.63) is 0 Å². The fourth-order valence-electron chi connectivity index (χ4n) is 2.01. The Morgan fingerprint density at radius 2 is 1.85 bits per heavy atom. The molecule has 0 radical (unpaired) electrons. The van der Waals surface area contributed by atoms with Gasteiger partial charge in [0.25, 0.3) is 0 Å². The summed E-state index contributed by atoms with van der Waals surface area (Å²) < 4.78 is 4.91. The molecule has 0 bridgehead atoms. The van der Waals surface area contributed by atoms with E-state index < -0.39 is 0 Å². The first-order valence-electron chi connectivity index (χ1n) is 5.36. The highest BCUT2D eigenvalue weighted by molar-refractivity contribution is 5.81. The lowest BCUT2D eigenvalue weighted by Crippen LogP contribution is -2.15. The van der Waals surface area contributed by atoms with Crippen LogP contribution in [-0.2, 0) is 9.53 Å². The lowest BCUT2D eigenvalue weighted by atomic mass is 9.94. The maximum Gasteiger partial charge on any atom is 0.138 e. The fourth-order valence-corrected chi connectivity index (χ4v) is 2.01. The second-order valence-electron chi connectivity index (χ2n) is 3.90. The highest BCUT2D eigenvalue weighted by atomic mass is 16.5. The Kier molecular flexibility index (Phi) is 5.06. The van der Waals surface area contributed by atoms with Crippen LogP contribution in [0.5, 0.6) is 0 Å². The number of rotatable bonds is 4. The third-order valence-electron chi connectivity index (χ3n) is 2.86. The lowest BCUT2D eigenvalue weighted by Gasteiger charge is -2.11. The first-order chi connectivity index (χ1) is 6.34. The Balaban J connectivity index is 2.26. The summed E-state index contributed by atoms with van der Waals surface area (Å²) in [5.41, 5.74) is 0. The van der Waals surface area contributed by atoms with Crippen LogP contribution in [0, 0.1) is 5.92 Å². The van der Waals surface area contributed by atoms with E-state index in [9.17, 15) is 4.79 Å². The number of methoxy groups -OCH3 is 1. The molecular formula is C11H20O2. The minimum absolute atomic E-state index is 0.345. The average molecular weight is 184 g/mol. The largest absolute Gasteiger partial charge is 0.384 e. The first-order valence-corrected chi connectivity index (χ1v) is 5.36. The van der Waals surface area contributed by atoms with Gasteiger partial charge in [-0.15, -0.1) is 0 Å². The average Bonchev–Trinajstić information content (AvgIpc) is 2.42. The summed E-state index contributed by atoms with van der Waals surface area (Å²) in [5, 5.41) is 0. The lowest BCUT2D eigenvalue weighted by molar-refractivity contribution is -0.124. The number of ether oxygens (including phenoxy) is 1. The van der Waals surface area contributed by atoms with E-state index in [0.29, 0.717) is 24.7 Å². The van der Waals surface area contributed by atoms with Crippen LogP contribution in [0.4, 0.5) is 0 Å². The standard InChI is InChI=1S/C11H20O2/c1-13-9-8-11(12)10-6-4-2-3-5-7-10/h10H,2-9H2,1H3. The van der Waals surface area contributed by atoms with E-state index in [4.69, 9.17) is 4.74 Å². The van der Waals surface area contributed by atoms with Crippen LogP contribution in [0.25, 0.3) is 0 Å². The normalized spacial score (nSPS) is 19.8. The second kappa shape index (κ2) is 6.14. The van der Waals surface area contributed by atoms with Crippen molar-refractivity contribution in [3.8, 4) is 0 Å². The summed E-state index contributed by atoms with van der Waals surface area (Å²) in [4.78, 5) is 11.6. The van der Waals surface area contributed by atoms with Crippen molar-refractivity contribution in [1.82, 2.24) is 0 Å². The highest BCUT2D eigenvalue weighted by Crippen LogP contribution is 2.24. The SMILES string of the molecule is COCCC(=O)C1CCCCCC1. The Morgan fingerprint density at radius 1 is 1.23 bits per heavy atom. The van der Waals surface area contributed by atoms with Crippen molar-refractivity contribution in [2.24, 2.45) is 5.92 Å². The topological polar surface area (TPSA) is 26.3 Å². The predicted octanol–water partition coefficient (Wildman–Crippen LogP) is 2.56. The van der Waals surface area contributed by atoms with E-state index in [2.05, 4.69) is 0 Å². The van der Waals surface area contributed by atoms with Gasteiger partial charge in [0.15, 0.2) is 0 Å². The molecule has 0 saturated heterocycles. The molecule has 0 amide bonds. The molecule has 0 heterocycles. The quantitative estimate of drug-likeness (QED) is 0.628. The third kappa shape index (κ3) is 3.90. The van der Waals surface area contributed by atoms with Gasteiger partial charge in [-0.3, -0.25) is 4.79 Å². The molecule has 1 rings (SSSR count). The van der Waals surface area contributed by atoms with Gasteiger partial charge >= 0.3 is 0 Å². The van der Waals surface area contributed by atoms with E-state index in [1.807, 2.05) is 0 Å². The molecule has 0 aliphatic heterocycles. The van der Waals surface area contributed by atoms with Crippen molar-refractivity contribution in [3.63, 3.8) is 0 Å². The van der Waals surface area contributed by atoms with E-state index in [1.165, 1.54) is 25.7 Å². The number of ketones is 1. The third-order valence-corrected chi connectivity index (χ3v) is 2.86. The molecule has 0 aromatic rings. The Bertz CT molecular complexity index is 146.